The first kappa shape index (κ1) is 20.5. The third-order valence-electron chi connectivity index (χ3n) is 5.72. The Kier molecular flexibility index (Phi) is 5.81. The van der Waals surface area contributed by atoms with Gasteiger partial charge in [-0.25, -0.2) is 13.2 Å². The smallest absolute Gasteiger partial charge is 0.363 e. The molecule has 0 bridgehead atoms. The van der Waals surface area contributed by atoms with Crippen molar-refractivity contribution in [1.29, 1.82) is 0 Å². The molecule has 1 heterocycles. The highest BCUT2D eigenvalue weighted by Crippen LogP contribution is 2.32. The second-order valence-electron chi connectivity index (χ2n) is 7.89. The van der Waals surface area contributed by atoms with Gasteiger partial charge in [-0.15, -0.1) is 0 Å². The lowest BCUT2D eigenvalue weighted by molar-refractivity contribution is 0.373. The zero-order valence-electron chi connectivity index (χ0n) is 17.0. The zero-order chi connectivity index (χ0) is 21.1. The van der Waals surface area contributed by atoms with Gasteiger partial charge in [0.25, 0.3) is 10.0 Å². The van der Waals surface area contributed by atoms with Crippen LogP contribution >= 0.6 is 0 Å². The lowest BCUT2D eigenvalue weighted by Crippen LogP contribution is -2.23. The van der Waals surface area contributed by atoms with Gasteiger partial charge in [0.15, 0.2) is 5.69 Å². The molecule has 3 aromatic rings. The van der Waals surface area contributed by atoms with E-state index in [-0.39, 0.29) is 10.6 Å². The van der Waals surface area contributed by atoms with Crippen LogP contribution in [0, 0.1) is 12.8 Å². The van der Waals surface area contributed by atoms with E-state index in [9.17, 15) is 13.2 Å². The standard InChI is InChI=1S/C23H26N2O4S/c1-16-9-5-8-14-20(16)30(27,28)25-22-21(24-15-17-10-3-2-4-11-17)18-12-6-7-13-19(18)29-23(22)26/h5-9,12-14,17,24-25H,2-4,10-11,15H2,1H3. The van der Waals surface area contributed by atoms with Crippen molar-refractivity contribution in [1.82, 2.24) is 0 Å². The SMILES string of the molecule is Cc1ccccc1S(=O)(=O)Nc1c(NCC2CCCCC2)c2ccccc2oc1=O. The van der Waals surface area contributed by atoms with Crippen LogP contribution in [0.4, 0.5) is 11.4 Å². The lowest BCUT2D eigenvalue weighted by atomic mass is 9.89. The highest BCUT2D eigenvalue weighted by molar-refractivity contribution is 7.92. The molecule has 0 saturated heterocycles. The minimum Gasteiger partial charge on any atom is -0.421 e. The lowest BCUT2D eigenvalue weighted by Gasteiger charge is -2.23. The molecule has 0 radical (unpaired) electrons. The number of rotatable bonds is 6. The van der Waals surface area contributed by atoms with Crippen LogP contribution in [0.5, 0.6) is 0 Å². The highest BCUT2D eigenvalue weighted by atomic mass is 32.2. The number of hydrogen-bond acceptors (Lipinski definition) is 5. The molecule has 7 heteroatoms. The van der Waals surface area contributed by atoms with Crippen LogP contribution < -0.4 is 15.7 Å². The van der Waals surface area contributed by atoms with Crippen molar-refractivity contribution in [2.45, 2.75) is 43.9 Å². The van der Waals surface area contributed by atoms with Gasteiger partial charge in [0.05, 0.1) is 10.6 Å². The van der Waals surface area contributed by atoms with Gasteiger partial charge >= 0.3 is 5.63 Å². The minimum atomic E-state index is -3.95. The molecule has 0 unspecified atom stereocenters. The van der Waals surface area contributed by atoms with Crippen LogP contribution in [-0.4, -0.2) is 15.0 Å². The van der Waals surface area contributed by atoms with E-state index in [1.807, 2.05) is 12.1 Å². The molecule has 0 spiro atoms. The van der Waals surface area contributed by atoms with E-state index in [1.54, 1.807) is 37.3 Å². The number of benzene rings is 2. The van der Waals surface area contributed by atoms with Gasteiger partial charge in [0, 0.05) is 11.9 Å². The zero-order valence-corrected chi connectivity index (χ0v) is 17.8. The summed E-state index contributed by atoms with van der Waals surface area (Å²) < 4.78 is 34.0. The molecular weight excluding hydrogens is 400 g/mol. The maximum Gasteiger partial charge on any atom is 0.363 e. The minimum absolute atomic E-state index is 0.0761. The van der Waals surface area contributed by atoms with E-state index in [1.165, 1.54) is 25.3 Å². The summed E-state index contributed by atoms with van der Waals surface area (Å²) in [4.78, 5) is 12.9. The van der Waals surface area contributed by atoms with Gasteiger partial charge in [-0.2, -0.15) is 0 Å². The highest BCUT2D eigenvalue weighted by Gasteiger charge is 2.23. The van der Waals surface area contributed by atoms with Gasteiger partial charge in [0.2, 0.25) is 0 Å². The average Bonchev–Trinajstić information content (AvgIpc) is 2.74. The summed E-state index contributed by atoms with van der Waals surface area (Å²) in [7, 11) is -3.95. The van der Waals surface area contributed by atoms with Crippen LogP contribution in [0.2, 0.25) is 0 Å². The van der Waals surface area contributed by atoms with Gasteiger partial charge in [-0.05, 0) is 49.4 Å². The topological polar surface area (TPSA) is 88.4 Å². The average molecular weight is 427 g/mol. The Morgan fingerprint density at radius 2 is 1.67 bits per heavy atom. The summed E-state index contributed by atoms with van der Waals surface area (Å²) in [6, 6.07) is 13.8. The van der Waals surface area contributed by atoms with Crippen molar-refractivity contribution in [2.24, 2.45) is 5.92 Å². The van der Waals surface area contributed by atoms with Crippen LogP contribution in [0.1, 0.15) is 37.7 Å². The first-order valence-electron chi connectivity index (χ1n) is 10.3. The molecule has 0 aliphatic heterocycles. The summed E-state index contributed by atoms with van der Waals surface area (Å²) in [5.74, 6) is 0.505. The summed E-state index contributed by atoms with van der Waals surface area (Å²) in [6.07, 6.45) is 5.94. The molecule has 30 heavy (non-hydrogen) atoms. The molecule has 0 atom stereocenters. The van der Waals surface area contributed by atoms with E-state index < -0.39 is 15.6 Å². The number of sulfonamides is 1. The second-order valence-corrected chi connectivity index (χ2v) is 9.54. The third-order valence-corrected chi connectivity index (χ3v) is 7.23. The summed E-state index contributed by atoms with van der Waals surface area (Å²) in [5.41, 5.74) is 0.716. The van der Waals surface area contributed by atoms with Crippen molar-refractivity contribution in [3.05, 3.63) is 64.5 Å². The number of para-hydroxylation sites is 1. The second kappa shape index (κ2) is 8.52. The van der Waals surface area contributed by atoms with E-state index >= 15 is 0 Å². The maximum absolute atomic E-state index is 13.0. The fourth-order valence-corrected chi connectivity index (χ4v) is 5.42. The Bertz CT molecular complexity index is 1210. The van der Waals surface area contributed by atoms with Crippen LogP contribution in [0.25, 0.3) is 11.0 Å². The molecule has 158 valence electrons. The first-order chi connectivity index (χ1) is 14.5. The fourth-order valence-electron chi connectivity index (χ4n) is 4.11. The number of anilines is 2. The number of aryl methyl sites for hydroxylation is 1. The van der Waals surface area contributed by atoms with Crippen LogP contribution in [-0.2, 0) is 10.0 Å². The predicted octanol–water partition coefficient (Wildman–Crippen LogP) is 4.89. The number of nitrogens with one attached hydrogen (secondary N) is 2. The molecule has 2 N–H and O–H groups in total. The summed E-state index contributed by atoms with van der Waals surface area (Å²) in [5, 5.41) is 4.04. The molecule has 1 aromatic heterocycles. The predicted molar refractivity (Wildman–Crippen MR) is 120 cm³/mol. The molecule has 2 aromatic carbocycles. The Morgan fingerprint density at radius 3 is 2.43 bits per heavy atom. The van der Waals surface area contributed by atoms with E-state index in [0.29, 0.717) is 34.7 Å². The normalized spacial score (nSPS) is 15.2. The molecule has 6 nitrogen and oxygen atoms in total. The number of hydrogen-bond donors (Lipinski definition) is 2. The van der Waals surface area contributed by atoms with E-state index in [4.69, 9.17) is 4.42 Å². The van der Waals surface area contributed by atoms with Crippen LogP contribution in [0.15, 0.2) is 62.6 Å². The van der Waals surface area contributed by atoms with Gasteiger partial charge in [-0.1, -0.05) is 49.6 Å². The Balaban J connectivity index is 1.75. The largest absolute Gasteiger partial charge is 0.421 e. The van der Waals surface area contributed by atoms with E-state index in [2.05, 4.69) is 10.0 Å². The van der Waals surface area contributed by atoms with E-state index in [0.717, 1.165) is 12.8 Å². The first-order valence-corrected chi connectivity index (χ1v) is 11.8. The fraction of sp³-hybridized carbons (Fsp3) is 0.348. The van der Waals surface area contributed by atoms with Crippen molar-refractivity contribution in [3.63, 3.8) is 0 Å². The summed E-state index contributed by atoms with van der Waals surface area (Å²) >= 11 is 0. The molecule has 0 amide bonds. The Labute approximate surface area is 176 Å². The number of fused-ring (bicyclic) bond motifs is 1. The summed E-state index contributed by atoms with van der Waals surface area (Å²) in [6.45, 7) is 2.41. The quantitative estimate of drug-likeness (QED) is 0.548. The van der Waals surface area contributed by atoms with Crippen molar-refractivity contribution >= 4 is 32.4 Å². The monoisotopic (exact) mass is 426 g/mol. The van der Waals surface area contributed by atoms with Crippen molar-refractivity contribution in [2.75, 3.05) is 16.6 Å². The molecule has 4 rings (SSSR count). The Morgan fingerprint density at radius 1 is 0.967 bits per heavy atom. The Hall–Kier alpha value is -2.80. The van der Waals surface area contributed by atoms with Gasteiger partial charge < -0.3 is 9.73 Å². The molecule has 1 saturated carbocycles. The van der Waals surface area contributed by atoms with Crippen molar-refractivity contribution in [3.8, 4) is 0 Å². The van der Waals surface area contributed by atoms with Crippen molar-refractivity contribution < 1.29 is 12.8 Å². The van der Waals surface area contributed by atoms with Gasteiger partial charge in [0.1, 0.15) is 5.58 Å². The third kappa shape index (κ3) is 4.21. The molecule has 1 fully saturated rings. The van der Waals surface area contributed by atoms with Crippen LogP contribution in [0.3, 0.4) is 0 Å². The van der Waals surface area contributed by atoms with Gasteiger partial charge in [-0.3, -0.25) is 4.72 Å². The molecule has 1 aliphatic rings. The molecular formula is C23H26N2O4S. The molecule has 1 aliphatic carbocycles. The maximum atomic E-state index is 13.0.